The highest BCUT2D eigenvalue weighted by Crippen LogP contribution is 2.13. The molecule has 0 atom stereocenters. The summed E-state index contributed by atoms with van der Waals surface area (Å²) in [5, 5.41) is 3.15. The highest BCUT2D eigenvalue weighted by molar-refractivity contribution is 6.18. The second-order valence-corrected chi connectivity index (χ2v) is 3.90. The second kappa shape index (κ2) is 5.15. The fourth-order valence-electron chi connectivity index (χ4n) is 1.12. The quantitative estimate of drug-likeness (QED) is 0.782. The van der Waals surface area contributed by atoms with Gasteiger partial charge in [-0.1, -0.05) is 13.8 Å². The molecular formula is C10H16ClN3. The number of aromatic nitrogens is 2. The van der Waals surface area contributed by atoms with Crippen molar-refractivity contribution in [2.45, 2.75) is 26.7 Å². The molecule has 0 saturated carbocycles. The first-order chi connectivity index (χ1) is 6.63. The minimum Gasteiger partial charge on any atom is -0.369 e. The summed E-state index contributed by atoms with van der Waals surface area (Å²) in [6, 6.07) is 1.93. The summed E-state index contributed by atoms with van der Waals surface area (Å²) >= 11 is 5.59. The van der Waals surface area contributed by atoms with Gasteiger partial charge < -0.3 is 5.32 Å². The zero-order valence-electron chi connectivity index (χ0n) is 8.84. The fourth-order valence-corrected chi connectivity index (χ4v) is 1.21. The number of hydrogen-bond donors (Lipinski definition) is 1. The van der Waals surface area contributed by atoms with E-state index in [9.17, 15) is 0 Å². The molecule has 0 aliphatic heterocycles. The molecule has 1 aromatic rings. The van der Waals surface area contributed by atoms with Crippen LogP contribution in [-0.4, -0.2) is 22.4 Å². The smallest absolute Gasteiger partial charge is 0.133 e. The largest absolute Gasteiger partial charge is 0.369 e. The number of rotatable bonds is 4. The van der Waals surface area contributed by atoms with Gasteiger partial charge in [-0.05, 0) is 6.92 Å². The van der Waals surface area contributed by atoms with E-state index in [0.717, 1.165) is 23.9 Å². The van der Waals surface area contributed by atoms with Gasteiger partial charge in [0.1, 0.15) is 11.6 Å². The van der Waals surface area contributed by atoms with Crippen molar-refractivity contribution in [3.8, 4) is 0 Å². The average Bonchev–Trinajstić information content (AvgIpc) is 2.14. The standard InChI is InChI=1S/C10H16ClN3/c1-7(2)10-13-8(3)6-9(14-10)12-5-4-11/h6-7H,4-5H2,1-3H3,(H,12,13,14). The van der Waals surface area contributed by atoms with Crippen LogP contribution in [0.25, 0.3) is 0 Å². The van der Waals surface area contributed by atoms with Gasteiger partial charge in [-0.2, -0.15) is 0 Å². The van der Waals surface area contributed by atoms with Gasteiger partial charge in [0.15, 0.2) is 0 Å². The first kappa shape index (κ1) is 11.2. The van der Waals surface area contributed by atoms with Crippen molar-refractivity contribution in [1.82, 2.24) is 9.97 Å². The van der Waals surface area contributed by atoms with Gasteiger partial charge in [-0.15, -0.1) is 11.6 Å². The molecule has 0 aliphatic rings. The van der Waals surface area contributed by atoms with Crippen LogP contribution in [0.2, 0.25) is 0 Å². The number of nitrogens with zero attached hydrogens (tertiary/aromatic N) is 2. The third-order valence-corrected chi connectivity index (χ3v) is 1.98. The van der Waals surface area contributed by atoms with Crippen molar-refractivity contribution >= 4 is 17.4 Å². The van der Waals surface area contributed by atoms with Crippen LogP contribution in [0.5, 0.6) is 0 Å². The molecule has 0 saturated heterocycles. The van der Waals surface area contributed by atoms with Gasteiger partial charge >= 0.3 is 0 Å². The molecule has 0 bridgehead atoms. The van der Waals surface area contributed by atoms with Gasteiger partial charge in [-0.25, -0.2) is 9.97 Å². The maximum absolute atomic E-state index is 5.59. The molecule has 14 heavy (non-hydrogen) atoms. The number of hydrogen-bond acceptors (Lipinski definition) is 3. The molecule has 4 heteroatoms. The minimum absolute atomic E-state index is 0.353. The molecule has 1 rings (SSSR count). The number of aryl methyl sites for hydroxylation is 1. The molecule has 78 valence electrons. The first-order valence-electron chi connectivity index (χ1n) is 4.79. The topological polar surface area (TPSA) is 37.8 Å². The second-order valence-electron chi connectivity index (χ2n) is 3.52. The summed E-state index contributed by atoms with van der Waals surface area (Å²) in [5.74, 6) is 2.68. The minimum atomic E-state index is 0.353. The van der Waals surface area contributed by atoms with E-state index in [1.165, 1.54) is 0 Å². The predicted molar refractivity (Wildman–Crippen MR) is 60.1 cm³/mol. The molecular weight excluding hydrogens is 198 g/mol. The van der Waals surface area contributed by atoms with Crippen molar-refractivity contribution < 1.29 is 0 Å². The summed E-state index contributed by atoms with van der Waals surface area (Å²) in [4.78, 5) is 8.75. The molecule has 0 radical (unpaired) electrons. The number of alkyl halides is 1. The van der Waals surface area contributed by atoms with E-state index >= 15 is 0 Å². The van der Waals surface area contributed by atoms with Crippen LogP contribution in [0.3, 0.4) is 0 Å². The molecule has 1 heterocycles. The molecule has 0 aliphatic carbocycles. The molecule has 0 spiro atoms. The van der Waals surface area contributed by atoms with E-state index in [-0.39, 0.29) is 0 Å². The molecule has 0 fully saturated rings. The Morgan fingerprint density at radius 2 is 2.14 bits per heavy atom. The van der Waals surface area contributed by atoms with Crippen LogP contribution in [-0.2, 0) is 0 Å². The van der Waals surface area contributed by atoms with Crippen molar-refractivity contribution in [1.29, 1.82) is 0 Å². The van der Waals surface area contributed by atoms with Crippen LogP contribution < -0.4 is 5.32 Å². The Labute approximate surface area is 89.9 Å². The van der Waals surface area contributed by atoms with Crippen molar-refractivity contribution in [3.05, 3.63) is 17.6 Å². The van der Waals surface area contributed by atoms with Gasteiger partial charge in [0.05, 0.1) is 0 Å². The number of halogens is 1. The van der Waals surface area contributed by atoms with E-state index in [1.54, 1.807) is 0 Å². The maximum Gasteiger partial charge on any atom is 0.133 e. The Morgan fingerprint density at radius 1 is 1.43 bits per heavy atom. The van der Waals surface area contributed by atoms with E-state index in [1.807, 2.05) is 13.0 Å². The van der Waals surface area contributed by atoms with Gasteiger partial charge in [0.25, 0.3) is 0 Å². The SMILES string of the molecule is Cc1cc(NCCCl)nc(C(C)C)n1. The van der Waals surface area contributed by atoms with Crippen molar-refractivity contribution in [3.63, 3.8) is 0 Å². The summed E-state index contributed by atoms with van der Waals surface area (Å²) in [6.07, 6.45) is 0. The lowest BCUT2D eigenvalue weighted by molar-refractivity contribution is 0.767. The zero-order valence-corrected chi connectivity index (χ0v) is 9.60. The lowest BCUT2D eigenvalue weighted by Gasteiger charge is -2.08. The Hall–Kier alpha value is -0.830. The fraction of sp³-hybridized carbons (Fsp3) is 0.600. The third kappa shape index (κ3) is 3.14. The van der Waals surface area contributed by atoms with Gasteiger partial charge in [0, 0.05) is 30.1 Å². The molecule has 0 aromatic carbocycles. The van der Waals surface area contributed by atoms with Gasteiger partial charge in [-0.3, -0.25) is 0 Å². The van der Waals surface area contributed by atoms with Crippen molar-refractivity contribution in [2.24, 2.45) is 0 Å². The van der Waals surface area contributed by atoms with Crippen LogP contribution in [0.4, 0.5) is 5.82 Å². The molecule has 0 amide bonds. The summed E-state index contributed by atoms with van der Waals surface area (Å²) in [6.45, 7) is 6.87. The van der Waals surface area contributed by atoms with E-state index in [0.29, 0.717) is 11.8 Å². The lowest BCUT2D eigenvalue weighted by atomic mass is 10.2. The summed E-state index contributed by atoms with van der Waals surface area (Å²) in [5.41, 5.74) is 0.987. The van der Waals surface area contributed by atoms with E-state index < -0.39 is 0 Å². The Morgan fingerprint density at radius 3 is 2.71 bits per heavy atom. The predicted octanol–water partition coefficient (Wildman–Crippen LogP) is 2.56. The monoisotopic (exact) mass is 213 g/mol. The molecule has 3 nitrogen and oxygen atoms in total. The first-order valence-corrected chi connectivity index (χ1v) is 5.32. The summed E-state index contributed by atoms with van der Waals surface area (Å²) in [7, 11) is 0. The lowest BCUT2D eigenvalue weighted by Crippen LogP contribution is -2.08. The highest BCUT2D eigenvalue weighted by Gasteiger charge is 2.05. The molecule has 1 N–H and O–H groups in total. The van der Waals surface area contributed by atoms with Crippen LogP contribution in [0.1, 0.15) is 31.3 Å². The number of nitrogens with one attached hydrogen (secondary N) is 1. The average molecular weight is 214 g/mol. The van der Waals surface area contributed by atoms with Gasteiger partial charge in [0.2, 0.25) is 0 Å². The Kier molecular flexibility index (Phi) is 4.14. The molecule has 1 aromatic heterocycles. The molecule has 0 unspecified atom stereocenters. The normalized spacial score (nSPS) is 10.6. The third-order valence-electron chi connectivity index (χ3n) is 1.79. The number of anilines is 1. The highest BCUT2D eigenvalue weighted by atomic mass is 35.5. The Bertz CT molecular complexity index is 299. The maximum atomic E-state index is 5.59. The van der Waals surface area contributed by atoms with Crippen LogP contribution >= 0.6 is 11.6 Å². The summed E-state index contributed by atoms with van der Waals surface area (Å²) < 4.78 is 0. The Balaban J connectivity index is 2.84. The van der Waals surface area contributed by atoms with E-state index in [4.69, 9.17) is 11.6 Å². The van der Waals surface area contributed by atoms with Crippen LogP contribution in [0.15, 0.2) is 6.07 Å². The van der Waals surface area contributed by atoms with E-state index in [2.05, 4.69) is 29.1 Å². The van der Waals surface area contributed by atoms with Crippen molar-refractivity contribution in [2.75, 3.05) is 17.7 Å². The van der Waals surface area contributed by atoms with Crippen LogP contribution in [0, 0.1) is 6.92 Å². The zero-order chi connectivity index (χ0) is 10.6.